The van der Waals surface area contributed by atoms with E-state index in [1.807, 2.05) is 25.1 Å². The molecule has 1 aromatic carbocycles. The second-order valence-corrected chi connectivity index (χ2v) is 6.32. The van der Waals surface area contributed by atoms with Gasteiger partial charge in [-0.3, -0.25) is 10.1 Å². The van der Waals surface area contributed by atoms with Gasteiger partial charge in [-0.15, -0.1) is 10.2 Å². The van der Waals surface area contributed by atoms with Crippen molar-refractivity contribution < 1.29 is 4.79 Å². The Labute approximate surface area is 127 Å². The number of carbonyl (C=O) groups is 1. The van der Waals surface area contributed by atoms with Crippen molar-refractivity contribution in [2.24, 2.45) is 0 Å². The van der Waals surface area contributed by atoms with Crippen molar-refractivity contribution in [3.8, 4) is 0 Å². The van der Waals surface area contributed by atoms with Crippen molar-refractivity contribution in [2.45, 2.75) is 25.7 Å². The molecule has 2 heterocycles. The highest BCUT2D eigenvalue weighted by Gasteiger charge is 2.20. The summed E-state index contributed by atoms with van der Waals surface area (Å²) < 4.78 is 0. The van der Waals surface area contributed by atoms with Crippen LogP contribution in [0.4, 0.5) is 5.13 Å². The van der Waals surface area contributed by atoms with Gasteiger partial charge < -0.3 is 5.32 Å². The van der Waals surface area contributed by atoms with Crippen molar-refractivity contribution in [1.82, 2.24) is 15.5 Å². The first kappa shape index (κ1) is 14.2. The summed E-state index contributed by atoms with van der Waals surface area (Å²) in [5.41, 5.74) is 1.71. The molecule has 0 radical (unpaired) electrons. The van der Waals surface area contributed by atoms with Crippen molar-refractivity contribution in [3.05, 3.63) is 40.4 Å². The summed E-state index contributed by atoms with van der Waals surface area (Å²) in [5, 5.41) is 16.1. The molecular weight excluding hydrogens is 284 g/mol. The minimum absolute atomic E-state index is 0.136. The number of benzene rings is 1. The summed E-state index contributed by atoms with van der Waals surface area (Å²) in [6.07, 6.45) is 2.29. The fourth-order valence-electron chi connectivity index (χ4n) is 2.47. The third kappa shape index (κ3) is 3.46. The summed E-state index contributed by atoms with van der Waals surface area (Å²) in [5.74, 6) is 0.282. The van der Waals surface area contributed by atoms with E-state index in [2.05, 4.69) is 20.8 Å². The lowest BCUT2D eigenvalue weighted by atomic mass is 10.0. The van der Waals surface area contributed by atoms with Gasteiger partial charge in [-0.2, -0.15) is 0 Å². The third-order valence-electron chi connectivity index (χ3n) is 3.59. The van der Waals surface area contributed by atoms with Gasteiger partial charge in [0.05, 0.1) is 0 Å². The normalized spacial score (nSPS) is 18.4. The van der Waals surface area contributed by atoms with Gasteiger partial charge in [0.15, 0.2) is 0 Å². The first-order valence-corrected chi connectivity index (χ1v) is 7.96. The maximum absolute atomic E-state index is 12.2. The summed E-state index contributed by atoms with van der Waals surface area (Å²) in [6, 6.07) is 7.51. The van der Waals surface area contributed by atoms with Crippen molar-refractivity contribution in [3.63, 3.8) is 0 Å². The summed E-state index contributed by atoms with van der Waals surface area (Å²) in [4.78, 5) is 12.2. The van der Waals surface area contributed by atoms with Gasteiger partial charge in [0, 0.05) is 18.0 Å². The molecule has 6 heteroatoms. The van der Waals surface area contributed by atoms with Crippen LogP contribution < -0.4 is 10.6 Å². The minimum Gasteiger partial charge on any atom is -0.316 e. The molecule has 1 aromatic heterocycles. The maximum Gasteiger partial charge on any atom is 0.257 e. The van der Waals surface area contributed by atoms with Crippen LogP contribution in [0.5, 0.6) is 0 Å². The van der Waals surface area contributed by atoms with Crippen LogP contribution in [-0.4, -0.2) is 29.2 Å². The molecule has 0 spiro atoms. The van der Waals surface area contributed by atoms with E-state index in [4.69, 9.17) is 0 Å². The van der Waals surface area contributed by atoms with E-state index in [9.17, 15) is 4.79 Å². The predicted molar refractivity (Wildman–Crippen MR) is 83.9 cm³/mol. The van der Waals surface area contributed by atoms with Crippen LogP contribution >= 0.6 is 11.3 Å². The van der Waals surface area contributed by atoms with Crippen LogP contribution in [0.3, 0.4) is 0 Å². The van der Waals surface area contributed by atoms with Gasteiger partial charge in [-0.05, 0) is 38.4 Å². The van der Waals surface area contributed by atoms with Gasteiger partial charge in [0.25, 0.3) is 5.91 Å². The molecule has 2 aromatic rings. The lowest BCUT2D eigenvalue weighted by Gasteiger charge is -2.19. The number of rotatable bonds is 3. The average Bonchev–Trinajstić information content (AvgIpc) is 2.97. The first-order valence-electron chi connectivity index (χ1n) is 7.14. The number of nitrogens with zero attached hydrogens (tertiary/aromatic N) is 2. The highest BCUT2D eigenvalue weighted by Crippen LogP contribution is 2.28. The first-order chi connectivity index (χ1) is 10.2. The van der Waals surface area contributed by atoms with E-state index in [1.165, 1.54) is 11.3 Å². The third-order valence-corrected chi connectivity index (χ3v) is 4.59. The lowest BCUT2D eigenvalue weighted by molar-refractivity contribution is 0.102. The average molecular weight is 302 g/mol. The number of nitrogens with one attached hydrogen (secondary N) is 2. The zero-order chi connectivity index (χ0) is 14.7. The van der Waals surface area contributed by atoms with Crippen molar-refractivity contribution >= 4 is 22.4 Å². The zero-order valence-corrected chi connectivity index (χ0v) is 12.7. The Hall–Kier alpha value is -1.79. The Morgan fingerprint density at radius 3 is 3.10 bits per heavy atom. The zero-order valence-electron chi connectivity index (χ0n) is 11.9. The monoisotopic (exact) mass is 302 g/mol. The molecule has 2 N–H and O–H groups in total. The van der Waals surface area contributed by atoms with Crippen LogP contribution in [0, 0.1) is 6.92 Å². The summed E-state index contributed by atoms with van der Waals surface area (Å²) in [7, 11) is 0. The lowest BCUT2D eigenvalue weighted by Crippen LogP contribution is -2.28. The van der Waals surface area contributed by atoms with Crippen LogP contribution in [0.25, 0.3) is 0 Å². The standard InChI is InChI=1S/C15H18N4OS/c1-10-4-2-5-11(8-10)13(20)17-15-19-18-14(21-15)12-6-3-7-16-9-12/h2,4-5,8,12,16H,3,6-7,9H2,1H3,(H,17,19,20). The molecule has 1 amide bonds. The number of carbonyl (C=O) groups excluding carboxylic acids is 1. The molecule has 0 bridgehead atoms. The van der Waals surface area contributed by atoms with Crippen LogP contribution in [0.2, 0.25) is 0 Å². The van der Waals surface area contributed by atoms with Crippen molar-refractivity contribution in [1.29, 1.82) is 0 Å². The van der Waals surface area contributed by atoms with E-state index in [0.29, 0.717) is 16.6 Å². The maximum atomic E-state index is 12.2. The molecule has 1 unspecified atom stereocenters. The largest absolute Gasteiger partial charge is 0.316 e. The summed E-state index contributed by atoms with van der Waals surface area (Å²) >= 11 is 1.47. The van der Waals surface area contributed by atoms with Gasteiger partial charge in [-0.1, -0.05) is 29.0 Å². The SMILES string of the molecule is Cc1cccc(C(=O)Nc2nnc(C3CCCNC3)s2)c1. The van der Waals surface area contributed by atoms with Crippen molar-refractivity contribution in [2.75, 3.05) is 18.4 Å². The molecule has 0 aliphatic carbocycles. The van der Waals surface area contributed by atoms with Crippen LogP contribution in [0.15, 0.2) is 24.3 Å². The Morgan fingerprint density at radius 1 is 1.43 bits per heavy atom. The minimum atomic E-state index is -0.136. The molecule has 5 nitrogen and oxygen atoms in total. The Morgan fingerprint density at radius 2 is 2.33 bits per heavy atom. The molecular formula is C15H18N4OS. The smallest absolute Gasteiger partial charge is 0.257 e. The number of aromatic nitrogens is 2. The van der Waals surface area contributed by atoms with Gasteiger partial charge >= 0.3 is 0 Å². The van der Waals surface area contributed by atoms with E-state index in [-0.39, 0.29) is 5.91 Å². The number of hydrogen-bond acceptors (Lipinski definition) is 5. The van der Waals surface area contributed by atoms with Crippen LogP contribution in [-0.2, 0) is 0 Å². The number of aryl methyl sites for hydroxylation is 1. The highest BCUT2D eigenvalue weighted by atomic mass is 32.1. The number of hydrogen-bond donors (Lipinski definition) is 2. The van der Waals surface area contributed by atoms with E-state index in [1.54, 1.807) is 6.07 Å². The fraction of sp³-hybridized carbons (Fsp3) is 0.400. The highest BCUT2D eigenvalue weighted by molar-refractivity contribution is 7.15. The molecule has 0 saturated carbocycles. The number of piperidine rings is 1. The molecule has 110 valence electrons. The molecule has 3 rings (SSSR count). The molecule has 1 saturated heterocycles. The fourth-order valence-corrected chi connectivity index (χ4v) is 3.34. The van der Waals surface area contributed by atoms with E-state index < -0.39 is 0 Å². The topological polar surface area (TPSA) is 66.9 Å². The number of amides is 1. The molecule has 21 heavy (non-hydrogen) atoms. The quantitative estimate of drug-likeness (QED) is 0.914. The van der Waals surface area contributed by atoms with Gasteiger partial charge in [0.1, 0.15) is 5.01 Å². The van der Waals surface area contributed by atoms with Crippen LogP contribution in [0.1, 0.15) is 39.7 Å². The number of anilines is 1. The second kappa shape index (κ2) is 6.32. The Kier molecular flexibility index (Phi) is 4.26. The molecule has 1 atom stereocenters. The Balaban J connectivity index is 1.68. The van der Waals surface area contributed by atoms with Gasteiger partial charge in [0.2, 0.25) is 5.13 Å². The molecule has 1 aliphatic rings. The van der Waals surface area contributed by atoms with E-state index >= 15 is 0 Å². The van der Waals surface area contributed by atoms with Gasteiger partial charge in [-0.25, -0.2) is 0 Å². The summed E-state index contributed by atoms with van der Waals surface area (Å²) in [6.45, 7) is 3.99. The second-order valence-electron chi connectivity index (χ2n) is 5.31. The molecule has 1 fully saturated rings. The predicted octanol–water partition coefficient (Wildman–Crippen LogP) is 2.57. The molecule has 1 aliphatic heterocycles. The Bertz CT molecular complexity index is 634. The van der Waals surface area contributed by atoms with E-state index in [0.717, 1.165) is 36.5 Å².